The van der Waals surface area contributed by atoms with Crippen LogP contribution in [0.25, 0.3) is 0 Å². The van der Waals surface area contributed by atoms with Crippen LogP contribution in [-0.2, 0) is 0 Å². The number of anilines is 1. The molecular formula is C10H15ClN2S. The first kappa shape index (κ1) is 10.3. The molecule has 2 heterocycles. The molecule has 2 nitrogen and oxygen atoms in total. The van der Waals surface area contributed by atoms with Crippen LogP contribution >= 0.6 is 22.9 Å². The van der Waals surface area contributed by atoms with E-state index in [0.717, 1.165) is 16.6 Å². The summed E-state index contributed by atoms with van der Waals surface area (Å²) >= 11 is 7.62. The molecule has 2 rings (SSSR count). The summed E-state index contributed by atoms with van der Waals surface area (Å²) in [6.07, 6.45) is 2.46. The molecular weight excluding hydrogens is 216 g/mol. The molecule has 14 heavy (non-hydrogen) atoms. The van der Waals surface area contributed by atoms with Crippen LogP contribution in [-0.4, -0.2) is 18.6 Å². The second-order valence-electron chi connectivity index (χ2n) is 3.74. The van der Waals surface area contributed by atoms with E-state index in [0.29, 0.717) is 12.1 Å². The lowest BCUT2D eigenvalue weighted by Crippen LogP contribution is -2.46. The second kappa shape index (κ2) is 4.51. The summed E-state index contributed by atoms with van der Waals surface area (Å²) in [5.74, 6) is 0. The highest BCUT2D eigenvalue weighted by Gasteiger charge is 2.21. The van der Waals surface area contributed by atoms with E-state index in [4.69, 9.17) is 11.6 Å². The molecule has 1 aromatic heterocycles. The SMILES string of the molecule is CC1NCCCC1Nc1ccsc1Cl. The van der Waals surface area contributed by atoms with Gasteiger partial charge in [-0.1, -0.05) is 11.6 Å². The zero-order valence-corrected chi connectivity index (χ0v) is 9.79. The van der Waals surface area contributed by atoms with Crippen molar-refractivity contribution in [2.24, 2.45) is 0 Å². The van der Waals surface area contributed by atoms with Gasteiger partial charge in [0.15, 0.2) is 0 Å². The van der Waals surface area contributed by atoms with Crippen molar-refractivity contribution in [3.63, 3.8) is 0 Å². The molecule has 0 aromatic carbocycles. The third-order valence-electron chi connectivity index (χ3n) is 2.72. The molecule has 0 bridgehead atoms. The first-order chi connectivity index (χ1) is 6.77. The predicted molar refractivity (Wildman–Crippen MR) is 63.4 cm³/mol. The maximum atomic E-state index is 6.04. The number of hydrogen-bond donors (Lipinski definition) is 2. The summed E-state index contributed by atoms with van der Waals surface area (Å²) in [5, 5.41) is 8.98. The molecule has 2 atom stereocenters. The smallest absolute Gasteiger partial charge is 0.116 e. The zero-order chi connectivity index (χ0) is 9.97. The van der Waals surface area contributed by atoms with Gasteiger partial charge in [0.2, 0.25) is 0 Å². The Bertz CT molecular complexity index is 300. The van der Waals surface area contributed by atoms with E-state index in [2.05, 4.69) is 17.6 Å². The van der Waals surface area contributed by atoms with E-state index < -0.39 is 0 Å². The number of nitrogens with one attached hydrogen (secondary N) is 2. The Kier molecular flexibility index (Phi) is 3.31. The predicted octanol–water partition coefficient (Wildman–Crippen LogP) is 2.95. The molecule has 1 saturated heterocycles. The van der Waals surface area contributed by atoms with E-state index >= 15 is 0 Å². The molecule has 0 aliphatic carbocycles. The highest BCUT2D eigenvalue weighted by Crippen LogP contribution is 2.29. The van der Waals surface area contributed by atoms with Crippen LogP contribution in [0.4, 0.5) is 5.69 Å². The summed E-state index contributed by atoms with van der Waals surface area (Å²) in [4.78, 5) is 0. The number of hydrogen-bond acceptors (Lipinski definition) is 3. The van der Waals surface area contributed by atoms with Gasteiger partial charge in [-0.25, -0.2) is 0 Å². The quantitative estimate of drug-likeness (QED) is 0.817. The lowest BCUT2D eigenvalue weighted by atomic mass is 10.00. The Morgan fingerprint density at radius 1 is 1.64 bits per heavy atom. The molecule has 0 amide bonds. The highest BCUT2D eigenvalue weighted by atomic mass is 35.5. The standard InChI is InChI=1S/C10H15ClN2S/c1-7-8(3-2-5-12-7)13-9-4-6-14-10(9)11/h4,6-8,12-13H,2-3,5H2,1H3. The molecule has 0 saturated carbocycles. The Morgan fingerprint density at radius 2 is 2.50 bits per heavy atom. The maximum absolute atomic E-state index is 6.04. The van der Waals surface area contributed by atoms with Crippen LogP contribution in [0.5, 0.6) is 0 Å². The Hall–Kier alpha value is -0.250. The van der Waals surface area contributed by atoms with Crippen LogP contribution in [0.15, 0.2) is 11.4 Å². The Balaban J connectivity index is 1.99. The molecule has 0 spiro atoms. The van der Waals surface area contributed by atoms with Gasteiger partial charge in [0.25, 0.3) is 0 Å². The van der Waals surface area contributed by atoms with Crippen molar-refractivity contribution < 1.29 is 0 Å². The monoisotopic (exact) mass is 230 g/mol. The molecule has 1 aromatic rings. The van der Waals surface area contributed by atoms with E-state index in [-0.39, 0.29) is 0 Å². The Labute approximate surface area is 93.7 Å². The minimum atomic E-state index is 0.510. The molecule has 1 aliphatic heterocycles. The fraction of sp³-hybridized carbons (Fsp3) is 0.600. The Morgan fingerprint density at radius 3 is 3.14 bits per heavy atom. The molecule has 0 radical (unpaired) electrons. The van der Waals surface area contributed by atoms with Crippen LogP contribution in [0.3, 0.4) is 0 Å². The summed E-state index contributed by atoms with van der Waals surface area (Å²) in [7, 11) is 0. The minimum Gasteiger partial charge on any atom is -0.379 e. The molecule has 4 heteroatoms. The maximum Gasteiger partial charge on any atom is 0.116 e. The topological polar surface area (TPSA) is 24.1 Å². The van der Waals surface area contributed by atoms with E-state index in [9.17, 15) is 0 Å². The van der Waals surface area contributed by atoms with Gasteiger partial charge in [-0.15, -0.1) is 11.3 Å². The van der Waals surface area contributed by atoms with Crippen LogP contribution in [0.2, 0.25) is 4.34 Å². The first-order valence-electron chi connectivity index (χ1n) is 5.00. The molecule has 1 aliphatic rings. The van der Waals surface area contributed by atoms with Gasteiger partial charge in [-0.2, -0.15) is 0 Å². The normalized spacial score (nSPS) is 27.6. The van der Waals surface area contributed by atoms with Gasteiger partial charge in [0, 0.05) is 12.1 Å². The van der Waals surface area contributed by atoms with Gasteiger partial charge < -0.3 is 10.6 Å². The van der Waals surface area contributed by atoms with Crippen molar-refractivity contribution in [3.8, 4) is 0 Å². The second-order valence-corrected chi connectivity index (χ2v) is 5.26. The van der Waals surface area contributed by atoms with Gasteiger partial charge in [0.05, 0.1) is 5.69 Å². The summed E-state index contributed by atoms with van der Waals surface area (Å²) in [6, 6.07) is 3.09. The van der Waals surface area contributed by atoms with Crippen LogP contribution < -0.4 is 10.6 Å². The average molecular weight is 231 g/mol. The van der Waals surface area contributed by atoms with E-state index in [1.165, 1.54) is 12.8 Å². The first-order valence-corrected chi connectivity index (χ1v) is 6.26. The van der Waals surface area contributed by atoms with Crippen molar-refractivity contribution in [2.75, 3.05) is 11.9 Å². The van der Waals surface area contributed by atoms with Crippen molar-refractivity contribution >= 4 is 28.6 Å². The zero-order valence-electron chi connectivity index (χ0n) is 8.22. The summed E-state index contributed by atoms with van der Waals surface area (Å²) < 4.78 is 0.864. The fourth-order valence-corrected chi connectivity index (χ4v) is 2.69. The number of rotatable bonds is 2. The lowest BCUT2D eigenvalue weighted by Gasteiger charge is -2.31. The highest BCUT2D eigenvalue weighted by molar-refractivity contribution is 7.15. The third-order valence-corrected chi connectivity index (χ3v) is 3.89. The van der Waals surface area contributed by atoms with Crippen molar-refractivity contribution in [1.29, 1.82) is 0 Å². The van der Waals surface area contributed by atoms with Gasteiger partial charge >= 0.3 is 0 Å². The largest absolute Gasteiger partial charge is 0.379 e. The molecule has 2 unspecified atom stereocenters. The number of piperidine rings is 1. The van der Waals surface area contributed by atoms with Crippen LogP contribution in [0, 0.1) is 0 Å². The van der Waals surface area contributed by atoms with E-state index in [1.54, 1.807) is 11.3 Å². The van der Waals surface area contributed by atoms with Gasteiger partial charge in [-0.05, 0) is 37.8 Å². The molecule has 1 fully saturated rings. The summed E-state index contributed by atoms with van der Waals surface area (Å²) in [6.45, 7) is 3.35. The molecule has 78 valence electrons. The van der Waals surface area contributed by atoms with E-state index in [1.807, 2.05) is 11.4 Å². The van der Waals surface area contributed by atoms with Crippen LogP contribution in [0.1, 0.15) is 19.8 Å². The van der Waals surface area contributed by atoms with Crippen molar-refractivity contribution in [2.45, 2.75) is 31.8 Å². The molecule has 2 N–H and O–H groups in total. The number of thiophene rings is 1. The average Bonchev–Trinajstić information content (AvgIpc) is 2.56. The van der Waals surface area contributed by atoms with Gasteiger partial charge in [-0.3, -0.25) is 0 Å². The summed E-state index contributed by atoms with van der Waals surface area (Å²) in [5.41, 5.74) is 1.08. The minimum absolute atomic E-state index is 0.510. The lowest BCUT2D eigenvalue weighted by molar-refractivity contribution is 0.389. The third kappa shape index (κ3) is 2.22. The number of halogens is 1. The van der Waals surface area contributed by atoms with Gasteiger partial charge in [0.1, 0.15) is 4.34 Å². The van der Waals surface area contributed by atoms with Crippen molar-refractivity contribution in [1.82, 2.24) is 5.32 Å². The fourth-order valence-electron chi connectivity index (χ4n) is 1.84. The van der Waals surface area contributed by atoms with Crippen molar-refractivity contribution in [3.05, 3.63) is 15.8 Å².